The minimum Gasteiger partial charge on any atom is -0.480 e. The van der Waals surface area contributed by atoms with Gasteiger partial charge in [-0.2, -0.15) is 0 Å². The van der Waals surface area contributed by atoms with Gasteiger partial charge in [0.05, 0.1) is 12.2 Å². The highest BCUT2D eigenvalue weighted by atomic mass is 16.6. The number of aliphatic carboxylic acids is 2. The van der Waals surface area contributed by atoms with Gasteiger partial charge in [-0.1, -0.05) is 0 Å². The maximum absolute atomic E-state index is 12.7. The first-order valence-electron chi connectivity index (χ1n) is 10.2. The molecule has 31 heavy (non-hydrogen) atoms. The number of aromatic nitrogens is 1. The number of ether oxygens (including phenoxy) is 2. The Morgan fingerprint density at radius 3 is 2.42 bits per heavy atom. The van der Waals surface area contributed by atoms with Crippen LogP contribution in [0.15, 0.2) is 24.5 Å². The van der Waals surface area contributed by atoms with E-state index >= 15 is 0 Å². The Morgan fingerprint density at radius 1 is 1.16 bits per heavy atom. The molecule has 2 aliphatic heterocycles. The van der Waals surface area contributed by atoms with Gasteiger partial charge in [-0.05, 0) is 32.0 Å². The van der Waals surface area contributed by atoms with Crippen molar-refractivity contribution in [1.82, 2.24) is 15.2 Å². The molecule has 3 atom stereocenters. The van der Waals surface area contributed by atoms with Crippen LogP contribution in [0.3, 0.4) is 0 Å². The second-order valence-electron chi connectivity index (χ2n) is 7.58. The van der Waals surface area contributed by atoms with Gasteiger partial charge < -0.3 is 29.9 Å². The molecule has 3 heterocycles. The number of rotatable bonds is 9. The number of ketones is 1. The van der Waals surface area contributed by atoms with Gasteiger partial charge in [-0.15, -0.1) is 0 Å². The fourth-order valence-electron chi connectivity index (χ4n) is 4.06. The molecule has 0 aromatic carbocycles. The fourth-order valence-corrected chi connectivity index (χ4v) is 4.06. The van der Waals surface area contributed by atoms with Crippen molar-refractivity contribution in [1.29, 1.82) is 0 Å². The van der Waals surface area contributed by atoms with Crippen LogP contribution in [0.1, 0.15) is 13.3 Å². The number of Topliss-reactive ketones (excluding diaryl/α,β-unsaturated/α-hetero) is 1. The Morgan fingerprint density at radius 2 is 1.84 bits per heavy atom. The van der Waals surface area contributed by atoms with Gasteiger partial charge in [-0.25, -0.2) is 9.59 Å². The zero-order valence-electron chi connectivity index (χ0n) is 17.4. The number of piperidine rings is 1. The third-order valence-electron chi connectivity index (χ3n) is 5.63. The largest absolute Gasteiger partial charge is 0.480 e. The van der Waals surface area contributed by atoms with Crippen molar-refractivity contribution < 1.29 is 34.1 Å². The number of carboxylic acid groups (broad SMARTS) is 2. The van der Waals surface area contributed by atoms with Crippen molar-refractivity contribution in [3.63, 3.8) is 0 Å². The van der Waals surface area contributed by atoms with Crippen LogP contribution >= 0.6 is 0 Å². The fraction of sp³-hybridized carbons (Fsp3) is 0.600. The van der Waals surface area contributed by atoms with Gasteiger partial charge in [0, 0.05) is 50.8 Å². The average molecular weight is 436 g/mol. The van der Waals surface area contributed by atoms with E-state index in [1.165, 1.54) is 6.92 Å². The average Bonchev–Trinajstić information content (AvgIpc) is 2.77. The summed E-state index contributed by atoms with van der Waals surface area (Å²) in [5.41, 5.74) is -1.18. The molecule has 0 spiro atoms. The van der Waals surface area contributed by atoms with E-state index < -0.39 is 42.3 Å². The van der Waals surface area contributed by atoms with E-state index in [1.54, 1.807) is 17.3 Å². The van der Waals surface area contributed by atoms with E-state index in [4.69, 9.17) is 14.6 Å². The molecule has 11 heteroatoms. The van der Waals surface area contributed by atoms with Crippen LogP contribution in [-0.2, 0) is 23.9 Å². The van der Waals surface area contributed by atoms with Crippen LogP contribution < -0.4 is 10.2 Å². The molecule has 0 bridgehead atoms. The first-order valence-corrected chi connectivity index (χ1v) is 10.2. The van der Waals surface area contributed by atoms with Crippen molar-refractivity contribution in [2.24, 2.45) is 0 Å². The molecular weight excluding hydrogens is 408 g/mol. The molecular formula is C20H28N4O7. The van der Waals surface area contributed by atoms with E-state index in [-0.39, 0.29) is 0 Å². The number of nitrogens with zero attached hydrogens (tertiary/aromatic N) is 3. The molecule has 11 nitrogen and oxygen atoms in total. The first-order chi connectivity index (χ1) is 14.8. The molecule has 0 amide bonds. The summed E-state index contributed by atoms with van der Waals surface area (Å²) in [6.07, 6.45) is 2.36. The molecule has 2 aliphatic rings. The minimum absolute atomic E-state index is 0.305. The van der Waals surface area contributed by atoms with Crippen molar-refractivity contribution in [3.05, 3.63) is 24.5 Å². The molecule has 170 valence electrons. The van der Waals surface area contributed by atoms with Crippen molar-refractivity contribution in [3.8, 4) is 0 Å². The number of anilines is 1. The Kier molecular flexibility index (Phi) is 7.55. The summed E-state index contributed by atoms with van der Waals surface area (Å²) in [5, 5.41) is 22.1. The second-order valence-corrected chi connectivity index (χ2v) is 7.58. The number of nitrogens with one attached hydrogen (secondary N) is 1. The van der Waals surface area contributed by atoms with Gasteiger partial charge in [0.15, 0.2) is 5.78 Å². The molecule has 1 aromatic rings. The van der Waals surface area contributed by atoms with Gasteiger partial charge >= 0.3 is 11.9 Å². The van der Waals surface area contributed by atoms with Gasteiger partial charge in [0.25, 0.3) is 5.72 Å². The predicted molar refractivity (Wildman–Crippen MR) is 109 cm³/mol. The Labute approximate surface area is 179 Å². The maximum atomic E-state index is 12.7. The molecule has 3 unspecified atom stereocenters. The van der Waals surface area contributed by atoms with Gasteiger partial charge in [0.1, 0.15) is 6.61 Å². The molecule has 3 rings (SSSR count). The zero-order chi connectivity index (χ0) is 22.4. The lowest BCUT2D eigenvalue weighted by molar-refractivity contribution is -0.226. The second kappa shape index (κ2) is 10.1. The Hall–Kier alpha value is -2.60. The summed E-state index contributed by atoms with van der Waals surface area (Å²) in [4.78, 5) is 43.6. The smallest absolute Gasteiger partial charge is 0.359 e. The molecule has 0 radical (unpaired) electrons. The van der Waals surface area contributed by atoms with Crippen molar-refractivity contribution in [2.45, 2.75) is 31.3 Å². The minimum atomic E-state index is -2.16. The molecule has 2 saturated heterocycles. The van der Waals surface area contributed by atoms with Crippen molar-refractivity contribution >= 4 is 23.4 Å². The number of pyridine rings is 1. The van der Waals surface area contributed by atoms with E-state index in [9.17, 15) is 19.5 Å². The highest BCUT2D eigenvalue weighted by molar-refractivity contribution is 6.05. The first kappa shape index (κ1) is 23.1. The van der Waals surface area contributed by atoms with Crippen LogP contribution in [-0.4, -0.2) is 102 Å². The lowest BCUT2D eigenvalue weighted by Crippen LogP contribution is -2.68. The maximum Gasteiger partial charge on any atom is 0.359 e. The standard InChI is InChI=1S/C20H28N4O7/c1-14(25)20(19(28)29,31-16-4-7-22-12-17(16)30-13-18(26)27)24-10-8-23(9-11-24)15-2-5-21-6-3-15/h2-3,5-6,16-17,22H,4,7-13H2,1H3,(H,26,27)(H,28,29). The summed E-state index contributed by atoms with van der Waals surface area (Å²) in [5.74, 6) is -3.15. The molecule has 0 aliphatic carbocycles. The topological polar surface area (TPSA) is 142 Å². The molecule has 3 N–H and O–H groups in total. The summed E-state index contributed by atoms with van der Waals surface area (Å²) in [6.45, 7) is 3.16. The molecule has 1 aromatic heterocycles. The van der Waals surface area contributed by atoms with E-state index in [0.29, 0.717) is 45.7 Å². The molecule has 2 fully saturated rings. The van der Waals surface area contributed by atoms with E-state index in [2.05, 4.69) is 15.2 Å². The normalized spacial score (nSPS) is 24.4. The van der Waals surface area contributed by atoms with E-state index in [0.717, 1.165) is 5.69 Å². The number of carbonyl (C=O) groups excluding carboxylic acids is 1. The van der Waals surface area contributed by atoms with Crippen LogP contribution in [0, 0.1) is 0 Å². The summed E-state index contributed by atoms with van der Waals surface area (Å²) < 4.78 is 11.4. The summed E-state index contributed by atoms with van der Waals surface area (Å²) in [7, 11) is 0. The third-order valence-corrected chi connectivity index (χ3v) is 5.63. The Bertz CT molecular complexity index is 769. The quantitative estimate of drug-likeness (QED) is 0.428. The number of carbonyl (C=O) groups is 3. The van der Waals surface area contributed by atoms with Crippen molar-refractivity contribution in [2.75, 3.05) is 50.8 Å². The number of piperazine rings is 1. The number of hydrogen-bond donors (Lipinski definition) is 3. The van der Waals surface area contributed by atoms with Gasteiger partial charge in [0.2, 0.25) is 0 Å². The van der Waals surface area contributed by atoms with Crippen LogP contribution in [0.5, 0.6) is 0 Å². The SMILES string of the molecule is CC(=O)C(OC1CCNCC1OCC(=O)O)(C(=O)O)N1CCN(c2ccncc2)CC1. The lowest BCUT2D eigenvalue weighted by atomic mass is 10.0. The third kappa shape index (κ3) is 5.18. The van der Waals surface area contributed by atoms with Crippen LogP contribution in [0.2, 0.25) is 0 Å². The lowest BCUT2D eigenvalue weighted by Gasteiger charge is -2.46. The zero-order valence-corrected chi connectivity index (χ0v) is 17.4. The van der Waals surface area contributed by atoms with Crippen LogP contribution in [0.4, 0.5) is 5.69 Å². The number of hydrogen-bond acceptors (Lipinski definition) is 9. The molecule has 0 saturated carbocycles. The Balaban J connectivity index is 1.77. The monoisotopic (exact) mass is 436 g/mol. The highest BCUT2D eigenvalue weighted by Gasteiger charge is 2.53. The number of carboxylic acids is 2. The highest BCUT2D eigenvalue weighted by Crippen LogP contribution is 2.28. The van der Waals surface area contributed by atoms with E-state index in [1.807, 2.05) is 12.1 Å². The summed E-state index contributed by atoms with van der Waals surface area (Å²) >= 11 is 0. The summed E-state index contributed by atoms with van der Waals surface area (Å²) in [6, 6.07) is 3.75. The predicted octanol–water partition coefficient (Wildman–Crippen LogP) is -0.578. The van der Waals surface area contributed by atoms with Gasteiger partial charge in [-0.3, -0.25) is 14.7 Å². The van der Waals surface area contributed by atoms with Crippen LogP contribution in [0.25, 0.3) is 0 Å².